The quantitative estimate of drug-likeness (QED) is 0.651. The minimum Gasteiger partial charge on any atom is -0.480 e. The zero-order valence-corrected chi connectivity index (χ0v) is 16.4. The Bertz CT molecular complexity index is 747. The molecule has 1 saturated heterocycles. The topological polar surface area (TPSA) is 119 Å². The minimum atomic E-state index is -0.801. The Kier molecular flexibility index (Phi) is 3.89. The number of carboxylic acids is 1. The van der Waals surface area contributed by atoms with Crippen LogP contribution in [0.5, 0.6) is 0 Å². The summed E-state index contributed by atoms with van der Waals surface area (Å²) in [5, 5.41) is 22.4. The van der Waals surface area contributed by atoms with Crippen molar-refractivity contribution < 1.29 is 14.7 Å². The van der Waals surface area contributed by atoms with Crippen LogP contribution in [0.1, 0.15) is 51.4 Å². The number of fused-ring (bicyclic) bond motifs is 1. The number of likely N-dealkylation sites (tertiary alicyclic amines) is 1. The molecule has 0 aromatic carbocycles. The number of nitriles is 1. The molecule has 6 unspecified atom stereocenters. The highest BCUT2D eigenvalue weighted by atomic mass is 16.4. The predicted molar refractivity (Wildman–Crippen MR) is 101 cm³/mol. The Hall–Kier alpha value is -1.65. The van der Waals surface area contributed by atoms with Gasteiger partial charge in [-0.25, -0.2) is 0 Å². The van der Waals surface area contributed by atoms with Crippen molar-refractivity contribution in [2.24, 2.45) is 34.3 Å². The number of likely N-dealkylation sites (N-methyl/N-ethyl adjacent to an activating group) is 1. The molecule has 1 aliphatic heterocycles. The lowest BCUT2D eigenvalue weighted by Crippen LogP contribution is -2.67. The average Bonchev–Trinajstić information content (AvgIpc) is 3.29. The largest absolute Gasteiger partial charge is 0.480 e. The van der Waals surface area contributed by atoms with Gasteiger partial charge in [-0.3, -0.25) is 9.59 Å². The number of piperidine rings is 1. The lowest BCUT2D eigenvalue weighted by atomic mass is 9.41. The van der Waals surface area contributed by atoms with Gasteiger partial charge in [0, 0.05) is 6.04 Å². The second-order valence-corrected chi connectivity index (χ2v) is 10.4. The first-order valence-corrected chi connectivity index (χ1v) is 10.7. The number of nitrogens with one attached hydrogen (secondary N) is 1. The standard InChI is InChI=1S/C21H30N4O3/c1-24-17(19(27)28)21-7-11-2-12(8-21)6-20(5-11,10-21)16(23)18(26)25-14(9-22)3-13-4-15(13)25/h11-17,24H,2-8,10,23H2,1H3,(H,27,28)/t11-,12?,13?,14-,15?,16+,17?,20?,21?/m0/s1. The second kappa shape index (κ2) is 5.93. The summed E-state index contributed by atoms with van der Waals surface area (Å²) in [7, 11) is 1.73. The maximum Gasteiger partial charge on any atom is 0.321 e. The van der Waals surface area contributed by atoms with Gasteiger partial charge in [0.25, 0.3) is 0 Å². The van der Waals surface area contributed by atoms with Crippen LogP contribution >= 0.6 is 0 Å². The molecule has 4 N–H and O–H groups in total. The highest BCUT2D eigenvalue weighted by Gasteiger charge is 2.65. The fourth-order valence-corrected chi connectivity index (χ4v) is 8.11. The van der Waals surface area contributed by atoms with Crippen molar-refractivity contribution >= 4 is 11.9 Å². The van der Waals surface area contributed by atoms with Gasteiger partial charge in [-0.1, -0.05) is 0 Å². The first-order chi connectivity index (χ1) is 13.3. The van der Waals surface area contributed by atoms with Crippen LogP contribution in [0.3, 0.4) is 0 Å². The van der Waals surface area contributed by atoms with Crippen molar-refractivity contribution in [3.63, 3.8) is 0 Å². The van der Waals surface area contributed by atoms with Crippen LogP contribution < -0.4 is 11.1 Å². The maximum atomic E-state index is 13.5. The smallest absolute Gasteiger partial charge is 0.321 e. The van der Waals surface area contributed by atoms with Gasteiger partial charge in [-0.15, -0.1) is 0 Å². The Morgan fingerprint density at radius 1 is 1.18 bits per heavy atom. The third kappa shape index (κ3) is 2.40. The molecule has 0 aromatic rings. The number of nitrogens with two attached hydrogens (primary N) is 1. The van der Waals surface area contributed by atoms with E-state index in [1.807, 2.05) is 0 Å². The van der Waals surface area contributed by atoms with E-state index in [-0.39, 0.29) is 28.8 Å². The molecule has 0 spiro atoms. The predicted octanol–water partition coefficient (Wildman–Crippen LogP) is 1.09. The summed E-state index contributed by atoms with van der Waals surface area (Å²) in [6.07, 6.45) is 7.30. The zero-order valence-electron chi connectivity index (χ0n) is 16.4. The van der Waals surface area contributed by atoms with Gasteiger partial charge in [0.1, 0.15) is 12.1 Å². The Morgan fingerprint density at radius 2 is 1.82 bits per heavy atom. The molecular formula is C21H30N4O3. The fraction of sp³-hybridized carbons (Fsp3) is 0.857. The van der Waals surface area contributed by atoms with Gasteiger partial charge in [-0.05, 0) is 87.0 Å². The summed E-state index contributed by atoms with van der Waals surface area (Å²) in [5.41, 5.74) is 6.07. The molecule has 9 atom stereocenters. The molecule has 0 radical (unpaired) electrons. The maximum absolute atomic E-state index is 13.5. The molecule has 1 amide bonds. The van der Waals surface area contributed by atoms with Crippen molar-refractivity contribution in [2.75, 3.05) is 7.05 Å². The third-order valence-electron chi connectivity index (χ3n) is 8.73. The summed E-state index contributed by atoms with van der Waals surface area (Å²) >= 11 is 0. The minimum absolute atomic E-state index is 0.0648. The molecule has 7 nitrogen and oxygen atoms in total. The third-order valence-corrected chi connectivity index (χ3v) is 8.73. The Balaban J connectivity index is 1.45. The van der Waals surface area contributed by atoms with E-state index in [2.05, 4.69) is 11.4 Å². The van der Waals surface area contributed by atoms with Crippen molar-refractivity contribution in [1.29, 1.82) is 5.26 Å². The molecular weight excluding hydrogens is 356 g/mol. The monoisotopic (exact) mass is 386 g/mol. The van der Waals surface area contributed by atoms with Crippen LogP contribution in [-0.2, 0) is 9.59 Å². The van der Waals surface area contributed by atoms with Gasteiger partial charge in [0.05, 0.1) is 12.1 Å². The van der Waals surface area contributed by atoms with Crippen LogP contribution in [-0.4, -0.2) is 53.1 Å². The van der Waals surface area contributed by atoms with Crippen molar-refractivity contribution in [3.8, 4) is 6.07 Å². The number of amides is 1. The molecule has 6 aliphatic rings. The number of nitrogens with zero attached hydrogens (tertiary/aromatic N) is 2. The number of rotatable bonds is 5. The van der Waals surface area contributed by atoms with Gasteiger partial charge < -0.3 is 21.1 Å². The first-order valence-electron chi connectivity index (χ1n) is 10.7. The molecule has 5 saturated carbocycles. The summed E-state index contributed by atoms with van der Waals surface area (Å²) in [5.74, 6) is 0.516. The van der Waals surface area contributed by atoms with Crippen molar-refractivity contribution in [1.82, 2.24) is 10.2 Å². The van der Waals surface area contributed by atoms with Crippen molar-refractivity contribution in [3.05, 3.63) is 0 Å². The van der Waals surface area contributed by atoms with Gasteiger partial charge >= 0.3 is 5.97 Å². The van der Waals surface area contributed by atoms with E-state index >= 15 is 0 Å². The zero-order chi connectivity index (χ0) is 19.8. The van der Waals surface area contributed by atoms with Crippen LogP contribution in [0.4, 0.5) is 0 Å². The van der Waals surface area contributed by atoms with E-state index in [1.165, 1.54) is 0 Å². The highest BCUT2D eigenvalue weighted by molar-refractivity contribution is 5.84. The van der Waals surface area contributed by atoms with E-state index in [1.54, 1.807) is 11.9 Å². The summed E-state index contributed by atoms with van der Waals surface area (Å²) in [6.45, 7) is 0. The average molecular weight is 386 g/mol. The molecule has 0 aromatic heterocycles. The van der Waals surface area contributed by atoms with Crippen LogP contribution in [0.15, 0.2) is 0 Å². The van der Waals surface area contributed by atoms with E-state index in [4.69, 9.17) is 5.73 Å². The normalized spacial score (nSPS) is 47.3. The summed E-state index contributed by atoms with van der Waals surface area (Å²) in [4.78, 5) is 27.2. The van der Waals surface area contributed by atoms with Gasteiger partial charge in [-0.2, -0.15) is 5.26 Å². The van der Waals surface area contributed by atoms with Crippen LogP contribution in [0.25, 0.3) is 0 Å². The number of hydrogen-bond acceptors (Lipinski definition) is 5. The fourth-order valence-electron chi connectivity index (χ4n) is 8.11. The number of carbonyl (C=O) groups excluding carboxylic acids is 1. The summed E-state index contributed by atoms with van der Waals surface area (Å²) < 4.78 is 0. The lowest BCUT2D eigenvalue weighted by Gasteiger charge is -2.64. The number of hydrogen-bond donors (Lipinski definition) is 3. The van der Waals surface area contributed by atoms with Crippen LogP contribution in [0, 0.1) is 39.9 Å². The highest BCUT2D eigenvalue weighted by Crippen LogP contribution is 2.67. The Morgan fingerprint density at radius 3 is 2.39 bits per heavy atom. The molecule has 5 aliphatic carbocycles. The summed E-state index contributed by atoms with van der Waals surface area (Å²) in [6, 6.07) is 0.944. The molecule has 6 fully saturated rings. The van der Waals surface area contributed by atoms with Crippen LogP contribution in [0.2, 0.25) is 0 Å². The first kappa shape index (κ1) is 18.4. The van der Waals surface area contributed by atoms with E-state index in [0.29, 0.717) is 24.2 Å². The molecule has 4 bridgehead atoms. The molecule has 7 heteroatoms. The second-order valence-electron chi connectivity index (χ2n) is 10.4. The number of carbonyl (C=O) groups is 2. The molecule has 1 heterocycles. The number of aliphatic carboxylic acids is 1. The Labute approximate surface area is 165 Å². The van der Waals surface area contributed by atoms with Crippen molar-refractivity contribution in [2.45, 2.75) is 75.5 Å². The van der Waals surface area contributed by atoms with E-state index in [0.717, 1.165) is 44.9 Å². The molecule has 28 heavy (non-hydrogen) atoms. The SMILES string of the molecule is CNC(C(=O)O)C12CC3C[C@H](C1)CC([C@H](N)C(=O)N1C4CC4C[C@H]1C#N)(C3)C2. The number of carboxylic acid groups (broad SMARTS) is 1. The lowest BCUT2D eigenvalue weighted by molar-refractivity contribution is -0.168. The van der Waals surface area contributed by atoms with Gasteiger partial charge in [0.15, 0.2) is 0 Å². The van der Waals surface area contributed by atoms with E-state index < -0.39 is 18.1 Å². The van der Waals surface area contributed by atoms with Gasteiger partial charge in [0.2, 0.25) is 5.91 Å². The van der Waals surface area contributed by atoms with E-state index in [9.17, 15) is 20.0 Å². The molecule has 152 valence electrons. The molecule has 6 rings (SSSR count).